The van der Waals surface area contributed by atoms with Crippen LogP contribution in [-0.2, 0) is 4.79 Å². The van der Waals surface area contributed by atoms with Gasteiger partial charge in [-0.1, -0.05) is 11.3 Å². The maximum atomic E-state index is 11.4. The van der Waals surface area contributed by atoms with E-state index in [9.17, 15) is 4.79 Å². The second-order valence-corrected chi connectivity index (χ2v) is 6.40. The molecule has 0 spiro atoms. The van der Waals surface area contributed by atoms with Crippen LogP contribution in [0.5, 0.6) is 0 Å². The number of hydrogen-bond donors (Lipinski definition) is 0. The van der Waals surface area contributed by atoms with E-state index in [0.717, 1.165) is 36.8 Å². The monoisotopic (exact) mass is 325 g/mol. The van der Waals surface area contributed by atoms with Crippen LogP contribution in [0.4, 0.5) is 5.13 Å². The van der Waals surface area contributed by atoms with E-state index in [-0.39, 0.29) is 18.3 Å². The fourth-order valence-electron chi connectivity index (χ4n) is 2.52. The van der Waals surface area contributed by atoms with Crippen LogP contribution in [0.15, 0.2) is 12.1 Å². The van der Waals surface area contributed by atoms with Gasteiger partial charge < -0.3 is 9.80 Å². The lowest BCUT2D eigenvalue weighted by atomic mass is 10.1. The minimum atomic E-state index is 0. The Kier molecular flexibility index (Phi) is 4.74. The van der Waals surface area contributed by atoms with Gasteiger partial charge in [0.15, 0.2) is 5.13 Å². The molecule has 0 bridgehead atoms. The highest BCUT2D eigenvalue weighted by atomic mass is 35.5. The molecule has 3 rings (SSSR count). The molecule has 114 valence electrons. The largest absolute Gasteiger partial charge is 0.345 e. The highest BCUT2D eigenvalue weighted by Gasteiger charge is 2.21. The molecule has 1 fully saturated rings. The number of halogens is 1. The summed E-state index contributed by atoms with van der Waals surface area (Å²) in [6.45, 7) is 9.24. The predicted octanol–water partition coefficient (Wildman–Crippen LogP) is 3.00. The van der Waals surface area contributed by atoms with Gasteiger partial charge in [0.1, 0.15) is 0 Å². The first kappa shape index (κ1) is 16.0. The van der Waals surface area contributed by atoms with Crippen LogP contribution < -0.4 is 4.90 Å². The van der Waals surface area contributed by atoms with Gasteiger partial charge in [0.05, 0.1) is 10.2 Å². The van der Waals surface area contributed by atoms with Gasteiger partial charge in [-0.2, -0.15) is 0 Å². The Morgan fingerprint density at radius 1 is 1.14 bits per heavy atom. The summed E-state index contributed by atoms with van der Waals surface area (Å²) < 4.78 is 1.25. The molecule has 1 amide bonds. The van der Waals surface area contributed by atoms with Gasteiger partial charge in [-0.05, 0) is 37.1 Å². The van der Waals surface area contributed by atoms with Crippen molar-refractivity contribution in [3.8, 4) is 0 Å². The number of carbonyl (C=O) groups is 1. The molecule has 1 aromatic heterocycles. The minimum Gasteiger partial charge on any atom is -0.345 e. The molecule has 0 N–H and O–H groups in total. The zero-order valence-corrected chi connectivity index (χ0v) is 14.2. The summed E-state index contributed by atoms with van der Waals surface area (Å²) in [7, 11) is 0. The maximum Gasteiger partial charge on any atom is 0.219 e. The van der Waals surface area contributed by atoms with E-state index in [4.69, 9.17) is 4.98 Å². The predicted molar refractivity (Wildman–Crippen MR) is 90.8 cm³/mol. The highest BCUT2D eigenvalue weighted by molar-refractivity contribution is 7.22. The first-order valence-electron chi connectivity index (χ1n) is 6.93. The Labute approximate surface area is 135 Å². The first-order chi connectivity index (χ1) is 9.54. The van der Waals surface area contributed by atoms with E-state index in [0.29, 0.717) is 0 Å². The van der Waals surface area contributed by atoms with Crippen LogP contribution in [-0.4, -0.2) is 42.0 Å². The van der Waals surface area contributed by atoms with Gasteiger partial charge in [-0.25, -0.2) is 4.98 Å². The van der Waals surface area contributed by atoms with Gasteiger partial charge in [0.25, 0.3) is 0 Å². The lowest BCUT2D eigenvalue weighted by molar-refractivity contribution is -0.129. The molecular formula is C15H20ClN3OS. The van der Waals surface area contributed by atoms with Crippen LogP contribution in [0.1, 0.15) is 18.1 Å². The van der Waals surface area contributed by atoms with E-state index >= 15 is 0 Å². The van der Waals surface area contributed by atoms with E-state index in [1.165, 1.54) is 15.8 Å². The third-order valence-electron chi connectivity index (χ3n) is 3.99. The van der Waals surface area contributed by atoms with Crippen LogP contribution in [0.25, 0.3) is 10.2 Å². The maximum absolute atomic E-state index is 11.4. The Hall–Kier alpha value is -1.33. The number of amides is 1. The van der Waals surface area contributed by atoms with Crippen molar-refractivity contribution in [1.82, 2.24) is 9.88 Å². The summed E-state index contributed by atoms with van der Waals surface area (Å²) in [4.78, 5) is 20.3. The van der Waals surface area contributed by atoms with Gasteiger partial charge in [0, 0.05) is 33.1 Å². The molecule has 1 aliphatic rings. The molecular weight excluding hydrogens is 306 g/mol. The number of hydrogen-bond acceptors (Lipinski definition) is 4. The molecule has 21 heavy (non-hydrogen) atoms. The molecule has 1 aliphatic heterocycles. The number of aromatic nitrogens is 1. The van der Waals surface area contributed by atoms with Crippen molar-refractivity contribution in [2.24, 2.45) is 0 Å². The van der Waals surface area contributed by atoms with Gasteiger partial charge >= 0.3 is 0 Å². The number of fused-ring (bicyclic) bond motifs is 1. The van der Waals surface area contributed by atoms with Crippen molar-refractivity contribution in [1.29, 1.82) is 0 Å². The van der Waals surface area contributed by atoms with Crippen molar-refractivity contribution >= 4 is 45.0 Å². The van der Waals surface area contributed by atoms with Crippen molar-refractivity contribution in [3.05, 3.63) is 23.3 Å². The van der Waals surface area contributed by atoms with Crippen LogP contribution in [0.3, 0.4) is 0 Å². The zero-order chi connectivity index (χ0) is 14.3. The molecule has 6 heteroatoms. The van der Waals surface area contributed by atoms with E-state index < -0.39 is 0 Å². The average Bonchev–Trinajstić information content (AvgIpc) is 2.82. The number of aryl methyl sites for hydroxylation is 2. The Balaban J connectivity index is 0.00000161. The number of thiazole rings is 1. The molecule has 0 unspecified atom stereocenters. The molecule has 0 atom stereocenters. The quantitative estimate of drug-likeness (QED) is 0.808. The molecule has 1 saturated heterocycles. The molecule has 2 heterocycles. The van der Waals surface area contributed by atoms with Gasteiger partial charge in [-0.3, -0.25) is 4.79 Å². The Bertz CT molecular complexity index is 623. The second-order valence-electron chi connectivity index (χ2n) is 5.39. The molecule has 0 aliphatic carbocycles. The standard InChI is InChI=1S/C15H19N3OS.ClH/c1-10-8-13-14(9-11(10)2)20-15(16-13)18-6-4-17(5-7-18)12(3)19;/h8-9H,4-7H2,1-3H3;1H. The summed E-state index contributed by atoms with van der Waals surface area (Å²) in [6.07, 6.45) is 0. The topological polar surface area (TPSA) is 36.4 Å². The summed E-state index contributed by atoms with van der Waals surface area (Å²) in [6, 6.07) is 4.38. The van der Waals surface area contributed by atoms with E-state index in [1.807, 2.05) is 4.90 Å². The first-order valence-corrected chi connectivity index (χ1v) is 7.74. The summed E-state index contributed by atoms with van der Waals surface area (Å²) in [5, 5.41) is 1.08. The van der Waals surface area contributed by atoms with E-state index in [1.54, 1.807) is 18.3 Å². The number of carbonyl (C=O) groups excluding carboxylic acids is 1. The molecule has 2 aromatic rings. The minimum absolute atomic E-state index is 0. The zero-order valence-electron chi connectivity index (χ0n) is 12.5. The van der Waals surface area contributed by atoms with Crippen molar-refractivity contribution in [2.45, 2.75) is 20.8 Å². The second kappa shape index (κ2) is 6.20. The number of piperazine rings is 1. The van der Waals surface area contributed by atoms with E-state index in [2.05, 4.69) is 30.9 Å². The normalized spacial score (nSPS) is 15.2. The fourth-order valence-corrected chi connectivity index (χ4v) is 3.61. The molecule has 4 nitrogen and oxygen atoms in total. The lowest BCUT2D eigenvalue weighted by Gasteiger charge is -2.33. The summed E-state index contributed by atoms with van der Waals surface area (Å²) in [5.74, 6) is 0.167. The number of nitrogens with zero attached hydrogens (tertiary/aromatic N) is 3. The smallest absolute Gasteiger partial charge is 0.219 e. The average molecular weight is 326 g/mol. The lowest BCUT2D eigenvalue weighted by Crippen LogP contribution is -2.48. The Morgan fingerprint density at radius 2 is 1.76 bits per heavy atom. The summed E-state index contributed by atoms with van der Waals surface area (Å²) >= 11 is 1.75. The number of rotatable bonds is 1. The van der Waals surface area contributed by atoms with Crippen LogP contribution >= 0.6 is 23.7 Å². The fraction of sp³-hybridized carbons (Fsp3) is 0.467. The SMILES string of the molecule is CC(=O)N1CCN(c2nc3cc(C)c(C)cc3s2)CC1.Cl. The third kappa shape index (κ3) is 3.14. The van der Waals surface area contributed by atoms with Crippen LogP contribution in [0, 0.1) is 13.8 Å². The summed E-state index contributed by atoms with van der Waals surface area (Å²) in [5.41, 5.74) is 3.69. The number of benzene rings is 1. The van der Waals surface area contributed by atoms with Gasteiger partial charge in [0.2, 0.25) is 5.91 Å². The van der Waals surface area contributed by atoms with Crippen molar-refractivity contribution < 1.29 is 4.79 Å². The molecule has 0 radical (unpaired) electrons. The molecule has 1 aromatic carbocycles. The van der Waals surface area contributed by atoms with Crippen molar-refractivity contribution in [3.63, 3.8) is 0 Å². The third-order valence-corrected chi connectivity index (χ3v) is 5.07. The van der Waals surface area contributed by atoms with Crippen LogP contribution in [0.2, 0.25) is 0 Å². The number of anilines is 1. The molecule has 0 saturated carbocycles. The van der Waals surface area contributed by atoms with Crippen molar-refractivity contribution in [2.75, 3.05) is 31.1 Å². The van der Waals surface area contributed by atoms with Gasteiger partial charge in [-0.15, -0.1) is 12.4 Å². The highest BCUT2D eigenvalue weighted by Crippen LogP contribution is 2.31. The Morgan fingerprint density at radius 3 is 2.38 bits per heavy atom.